The first-order chi connectivity index (χ1) is 16.1. The van der Waals surface area contributed by atoms with Crippen molar-refractivity contribution >= 4 is 17.8 Å². The number of aromatic nitrogens is 2. The summed E-state index contributed by atoms with van der Waals surface area (Å²) in [6, 6.07) is 17.1. The second kappa shape index (κ2) is 10.6. The van der Waals surface area contributed by atoms with Gasteiger partial charge in [-0.2, -0.15) is 0 Å². The number of rotatable bonds is 7. The maximum atomic E-state index is 12.9. The third kappa shape index (κ3) is 5.68. The number of nitrogens with one attached hydrogen (secondary N) is 1. The van der Waals surface area contributed by atoms with Gasteiger partial charge in [0.15, 0.2) is 5.82 Å². The van der Waals surface area contributed by atoms with Crippen LogP contribution in [0, 0.1) is 0 Å². The Hall–Kier alpha value is -3.88. The van der Waals surface area contributed by atoms with Crippen LogP contribution in [0.3, 0.4) is 0 Å². The smallest absolute Gasteiger partial charge is 0.318 e. The van der Waals surface area contributed by atoms with Crippen LogP contribution >= 0.6 is 0 Å². The molecule has 0 atom stereocenters. The predicted octanol–water partition coefficient (Wildman–Crippen LogP) is 2.62. The van der Waals surface area contributed by atoms with Crippen molar-refractivity contribution in [3.8, 4) is 11.3 Å². The minimum Gasteiger partial charge on any atom is -0.467 e. The zero-order chi connectivity index (χ0) is 23.0. The Bertz CT molecular complexity index is 1030. The van der Waals surface area contributed by atoms with E-state index < -0.39 is 0 Å². The van der Waals surface area contributed by atoms with E-state index in [1.165, 1.54) is 4.90 Å². The Labute approximate surface area is 193 Å². The Balaban J connectivity index is 1.32. The van der Waals surface area contributed by atoms with Crippen LogP contribution < -0.4 is 10.2 Å². The van der Waals surface area contributed by atoms with Crippen molar-refractivity contribution in [3.05, 3.63) is 66.6 Å². The zero-order valence-corrected chi connectivity index (χ0v) is 18.7. The molecule has 1 saturated heterocycles. The second-order valence-corrected chi connectivity index (χ2v) is 7.78. The highest BCUT2D eigenvalue weighted by molar-refractivity contribution is 5.84. The van der Waals surface area contributed by atoms with Crippen LogP contribution in [0.15, 0.2) is 65.3 Å². The Kier molecular flexibility index (Phi) is 7.19. The monoisotopic (exact) mass is 448 g/mol. The maximum Gasteiger partial charge on any atom is 0.318 e. The zero-order valence-electron chi connectivity index (χ0n) is 18.7. The molecule has 1 fully saturated rings. The standard InChI is InChI=1S/C24H28N6O3/c1-2-25-24(32)30(17-20-9-6-16-33-20)18-23(31)29-14-12-28(13-15-29)22-11-10-21(26-27-22)19-7-4-3-5-8-19/h3-11,16H,2,12-15,17-18H2,1H3,(H,25,32). The van der Waals surface area contributed by atoms with Gasteiger partial charge in [-0.1, -0.05) is 30.3 Å². The molecule has 4 rings (SSSR count). The minimum absolute atomic E-state index is 0.00187. The summed E-state index contributed by atoms with van der Waals surface area (Å²) >= 11 is 0. The van der Waals surface area contributed by atoms with Crippen molar-refractivity contribution in [2.75, 3.05) is 44.2 Å². The molecule has 3 amide bonds. The average Bonchev–Trinajstić information content (AvgIpc) is 3.38. The Morgan fingerprint density at radius 3 is 2.42 bits per heavy atom. The fraction of sp³-hybridized carbons (Fsp3) is 0.333. The molecule has 0 spiro atoms. The largest absolute Gasteiger partial charge is 0.467 e. The summed E-state index contributed by atoms with van der Waals surface area (Å²) in [5.74, 6) is 1.35. The lowest BCUT2D eigenvalue weighted by Crippen LogP contribution is -2.52. The molecule has 2 aromatic heterocycles. The molecule has 1 aromatic carbocycles. The molecule has 9 nitrogen and oxygen atoms in total. The molecule has 3 aromatic rings. The van der Waals surface area contributed by atoms with Crippen LogP contribution in [0.4, 0.5) is 10.6 Å². The number of anilines is 1. The van der Waals surface area contributed by atoms with Crippen LogP contribution in [0.2, 0.25) is 0 Å². The van der Waals surface area contributed by atoms with E-state index in [2.05, 4.69) is 20.4 Å². The van der Waals surface area contributed by atoms with Crippen molar-refractivity contribution in [1.82, 2.24) is 25.3 Å². The highest BCUT2D eigenvalue weighted by Crippen LogP contribution is 2.19. The van der Waals surface area contributed by atoms with Crippen LogP contribution in [-0.2, 0) is 11.3 Å². The third-order valence-electron chi connectivity index (χ3n) is 5.54. The van der Waals surface area contributed by atoms with E-state index in [-0.39, 0.29) is 25.0 Å². The highest BCUT2D eigenvalue weighted by atomic mass is 16.3. The van der Waals surface area contributed by atoms with E-state index in [1.54, 1.807) is 23.3 Å². The van der Waals surface area contributed by atoms with Crippen molar-refractivity contribution in [1.29, 1.82) is 0 Å². The van der Waals surface area contributed by atoms with E-state index in [0.717, 1.165) is 17.1 Å². The Morgan fingerprint density at radius 1 is 1.00 bits per heavy atom. The second-order valence-electron chi connectivity index (χ2n) is 7.78. The van der Waals surface area contributed by atoms with Crippen molar-refractivity contribution in [2.24, 2.45) is 0 Å². The summed E-state index contributed by atoms with van der Waals surface area (Å²) in [4.78, 5) is 30.7. The molecule has 33 heavy (non-hydrogen) atoms. The fourth-order valence-electron chi connectivity index (χ4n) is 3.76. The van der Waals surface area contributed by atoms with Gasteiger partial charge in [0, 0.05) is 38.3 Å². The van der Waals surface area contributed by atoms with Crippen LogP contribution in [0.5, 0.6) is 0 Å². The predicted molar refractivity (Wildman–Crippen MR) is 124 cm³/mol. The molecular weight excluding hydrogens is 420 g/mol. The molecule has 1 N–H and O–H groups in total. The third-order valence-corrected chi connectivity index (χ3v) is 5.54. The van der Waals surface area contributed by atoms with Gasteiger partial charge in [0.1, 0.15) is 12.3 Å². The summed E-state index contributed by atoms with van der Waals surface area (Å²) in [5.41, 5.74) is 1.85. The van der Waals surface area contributed by atoms with Crippen LogP contribution in [0.1, 0.15) is 12.7 Å². The van der Waals surface area contributed by atoms with Gasteiger partial charge in [0.2, 0.25) is 5.91 Å². The average molecular weight is 449 g/mol. The van der Waals surface area contributed by atoms with E-state index in [1.807, 2.05) is 49.4 Å². The van der Waals surface area contributed by atoms with E-state index in [0.29, 0.717) is 38.5 Å². The SMILES string of the molecule is CCNC(=O)N(CC(=O)N1CCN(c2ccc(-c3ccccc3)nn2)CC1)Cc1ccco1. The minimum atomic E-state index is -0.283. The quantitative estimate of drug-likeness (QED) is 0.597. The molecule has 172 valence electrons. The van der Waals surface area contributed by atoms with Crippen LogP contribution in [0.25, 0.3) is 11.3 Å². The first kappa shape index (κ1) is 22.3. The number of furan rings is 1. The summed E-state index contributed by atoms with van der Waals surface area (Å²) in [7, 11) is 0. The lowest BCUT2D eigenvalue weighted by molar-refractivity contribution is -0.132. The molecule has 0 aliphatic carbocycles. The number of hydrogen-bond donors (Lipinski definition) is 1. The summed E-state index contributed by atoms with van der Waals surface area (Å²) in [6.07, 6.45) is 1.56. The number of benzene rings is 1. The highest BCUT2D eigenvalue weighted by Gasteiger charge is 2.25. The molecule has 1 aliphatic heterocycles. The fourth-order valence-corrected chi connectivity index (χ4v) is 3.76. The first-order valence-corrected chi connectivity index (χ1v) is 11.1. The van der Waals surface area contributed by atoms with Gasteiger partial charge in [-0.3, -0.25) is 4.79 Å². The molecule has 0 radical (unpaired) electrons. The van der Waals surface area contributed by atoms with Gasteiger partial charge in [0.25, 0.3) is 0 Å². The molecule has 0 unspecified atom stereocenters. The normalized spacial score (nSPS) is 13.6. The van der Waals surface area contributed by atoms with E-state index in [4.69, 9.17) is 4.42 Å². The number of carbonyl (C=O) groups is 2. The number of carbonyl (C=O) groups excluding carboxylic acids is 2. The molecule has 9 heteroatoms. The van der Waals surface area contributed by atoms with E-state index in [9.17, 15) is 9.59 Å². The number of amides is 3. The summed E-state index contributed by atoms with van der Waals surface area (Å²) in [6.45, 7) is 5.01. The van der Waals surface area contributed by atoms with E-state index >= 15 is 0 Å². The number of piperazine rings is 1. The number of urea groups is 1. The molecule has 0 saturated carbocycles. The lowest BCUT2D eigenvalue weighted by Gasteiger charge is -2.36. The van der Waals surface area contributed by atoms with Gasteiger partial charge in [-0.25, -0.2) is 4.79 Å². The summed E-state index contributed by atoms with van der Waals surface area (Å²) < 4.78 is 5.35. The van der Waals surface area contributed by atoms with Gasteiger partial charge in [-0.05, 0) is 31.2 Å². The topological polar surface area (TPSA) is 94.8 Å². The molecular formula is C24H28N6O3. The van der Waals surface area contributed by atoms with Gasteiger partial charge >= 0.3 is 6.03 Å². The number of hydrogen-bond acceptors (Lipinski definition) is 6. The van der Waals surface area contributed by atoms with Gasteiger partial charge in [-0.15, -0.1) is 10.2 Å². The van der Waals surface area contributed by atoms with Crippen molar-refractivity contribution in [2.45, 2.75) is 13.5 Å². The molecule has 1 aliphatic rings. The Morgan fingerprint density at radius 2 is 1.79 bits per heavy atom. The van der Waals surface area contributed by atoms with Crippen molar-refractivity contribution < 1.29 is 14.0 Å². The van der Waals surface area contributed by atoms with Crippen LogP contribution in [-0.4, -0.2) is 71.2 Å². The maximum absolute atomic E-state index is 12.9. The number of nitrogens with zero attached hydrogens (tertiary/aromatic N) is 5. The summed E-state index contributed by atoms with van der Waals surface area (Å²) in [5, 5.41) is 11.5. The van der Waals surface area contributed by atoms with Gasteiger partial charge < -0.3 is 24.4 Å². The molecule has 3 heterocycles. The lowest BCUT2D eigenvalue weighted by atomic mass is 10.1. The van der Waals surface area contributed by atoms with Gasteiger partial charge in [0.05, 0.1) is 18.5 Å². The molecule has 0 bridgehead atoms. The first-order valence-electron chi connectivity index (χ1n) is 11.1. The van der Waals surface area contributed by atoms with Crippen molar-refractivity contribution in [3.63, 3.8) is 0 Å².